The lowest BCUT2D eigenvalue weighted by Crippen LogP contribution is -1.93. The Bertz CT molecular complexity index is 79.8. The highest BCUT2D eigenvalue weighted by Gasteiger charge is 1.86. The number of rotatable bonds is 2. The Morgan fingerprint density at radius 2 is 2.57 bits per heavy atom. The number of nitrogens with one attached hydrogen (secondary N) is 1. The van der Waals surface area contributed by atoms with Crippen LogP contribution in [0.15, 0.2) is 12.7 Å². The van der Waals surface area contributed by atoms with E-state index in [1.807, 2.05) is 0 Å². The van der Waals surface area contributed by atoms with E-state index in [2.05, 4.69) is 11.4 Å². The fraction of sp³-hybridized carbons (Fsp3) is 0.250. The van der Waals surface area contributed by atoms with Crippen molar-refractivity contribution < 1.29 is 9.63 Å². The second-order valence-electron chi connectivity index (χ2n) is 0.967. The van der Waals surface area contributed by atoms with Gasteiger partial charge in [-0.1, -0.05) is 6.08 Å². The van der Waals surface area contributed by atoms with E-state index in [9.17, 15) is 4.79 Å². The fourth-order valence-corrected chi connectivity index (χ4v) is 0.160. The molecule has 0 aromatic rings. The highest BCUT2D eigenvalue weighted by atomic mass is 16.7. The smallest absolute Gasteiger partial charge is 0.294 e. The molecule has 0 aromatic carbocycles. The Morgan fingerprint density at radius 3 is 2.71 bits per heavy atom. The maximum Gasteiger partial charge on any atom is 0.294 e. The van der Waals surface area contributed by atoms with E-state index in [0.717, 1.165) is 0 Å². The molecular formula is C4H6NO2-. The Hall–Kier alpha value is -0.830. The van der Waals surface area contributed by atoms with Gasteiger partial charge in [0, 0.05) is 0 Å². The molecule has 0 rings (SSSR count). The van der Waals surface area contributed by atoms with E-state index in [-0.39, 0.29) is 6.42 Å². The minimum absolute atomic E-state index is 0.115. The predicted octanol–water partition coefficient (Wildman–Crippen LogP) is 1.07. The second kappa shape index (κ2) is 3.36. The topological polar surface area (TPSA) is 50.1 Å². The summed E-state index contributed by atoms with van der Waals surface area (Å²) in [5.74, 6) is 5.44. The molecule has 0 aliphatic heterocycles. The highest BCUT2D eigenvalue weighted by molar-refractivity contribution is 5.71. The zero-order valence-corrected chi connectivity index (χ0v) is 3.81. The zero-order valence-electron chi connectivity index (χ0n) is 3.81. The van der Waals surface area contributed by atoms with Crippen molar-refractivity contribution in [3.63, 3.8) is 0 Å². The molecule has 0 saturated carbocycles. The average molecular weight is 100 g/mol. The number of carbonyl (C=O) groups excluding carboxylic acids is 1. The van der Waals surface area contributed by atoms with Gasteiger partial charge in [0.15, 0.2) is 0 Å². The Labute approximate surface area is 41.7 Å². The van der Waals surface area contributed by atoms with Crippen molar-refractivity contribution in [3.05, 3.63) is 18.6 Å². The normalized spacial score (nSPS) is 7.57. The van der Waals surface area contributed by atoms with Crippen LogP contribution in [0.4, 0.5) is 0 Å². The average Bonchev–Trinajstić information content (AvgIpc) is 1.68. The van der Waals surface area contributed by atoms with Crippen LogP contribution >= 0.6 is 0 Å². The first-order chi connectivity index (χ1) is 3.31. The summed E-state index contributed by atoms with van der Waals surface area (Å²) in [5.41, 5.74) is 0. The molecule has 40 valence electrons. The third kappa shape index (κ3) is 2.99. The molecular weight excluding hydrogens is 94.0 g/mol. The van der Waals surface area contributed by atoms with Crippen LogP contribution < -0.4 is 0 Å². The molecule has 3 heteroatoms. The van der Waals surface area contributed by atoms with E-state index in [0.29, 0.717) is 0 Å². The highest BCUT2D eigenvalue weighted by Crippen LogP contribution is 1.83. The van der Waals surface area contributed by atoms with Gasteiger partial charge in [-0.2, -0.15) is 0 Å². The summed E-state index contributed by atoms with van der Waals surface area (Å²) in [6, 6.07) is 0. The van der Waals surface area contributed by atoms with Crippen LogP contribution in [0.1, 0.15) is 6.42 Å². The van der Waals surface area contributed by atoms with Gasteiger partial charge in [-0.15, -0.1) is 6.58 Å². The van der Waals surface area contributed by atoms with Crippen LogP contribution in [0.25, 0.3) is 5.90 Å². The minimum atomic E-state index is -0.574. The lowest BCUT2D eigenvalue weighted by atomic mass is 10.4. The summed E-state index contributed by atoms with van der Waals surface area (Å²) in [5, 5.41) is 0. The van der Waals surface area contributed by atoms with Crippen LogP contribution in [0.5, 0.6) is 0 Å². The van der Waals surface area contributed by atoms with Crippen molar-refractivity contribution in [1.29, 1.82) is 0 Å². The molecule has 0 heterocycles. The van der Waals surface area contributed by atoms with E-state index in [1.165, 1.54) is 6.08 Å². The van der Waals surface area contributed by atoms with Gasteiger partial charge in [0.2, 0.25) is 0 Å². The van der Waals surface area contributed by atoms with Gasteiger partial charge in [-0.3, -0.25) is 4.79 Å². The molecule has 0 saturated heterocycles. The third-order valence-corrected chi connectivity index (χ3v) is 0.425. The zero-order chi connectivity index (χ0) is 5.70. The van der Waals surface area contributed by atoms with Gasteiger partial charge < -0.3 is 10.7 Å². The first-order valence-corrected chi connectivity index (χ1v) is 1.78. The molecule has 0 aliphatic rings. The van der Waals surface area contributed by atoms with Gasteiger partial charge in [0.05, 0.1) is 6.42 Å². The lowest BCUT2D eigenvalue weighted by Gasteiger charge is -1.99. The summed E-state index contributed by atoms with van der Waals surface area (Å²) < 4.78 is 0. The maximum atomic E-state index is 9.93. The Kier molecular flexibility index (Phi) is 2.96. The van der Waals surface area contributed by atoms with E-state index in [4.69, 9.17) is 5.90 Å². The van der Waals surface area contributed by atoms with Gasteiger partial charge >= 0.3 is 0 Å². The van der Waals surface area contributed by atoms with Crippen molar-refractivity contribution in [2.75, 3.05) is 0 Å². The molecule has 0 spiro atoms. The molecule has 7 heavy (non-hydrogen) atoms. The van der Waals surface area contributed by atoms with Crippen molar-refractivity contribution in [2.24, 2.45) is 0 Å². The van der Waals surface area contributed by atoms with Crippen molar-refractivity contribution in [3.8, 4) is 0 Å². The SMILES string of the molecule is C=CCC(=O)O[NH-]. The van der Waals surface area contributed by atoms with Crippen LogP contribution in [0, 0.1) is 0 Å². The standard InChI is InChI=1S/C4H6NO2/c1-2-3-4(6)7-5/h2,5H,1,3H2/q-1. The molecule has 0 bridgehead atoms. The predicted molar refractivity (Wildman–Crippen MR) is 25.2 cm³/mol. The summed E-state index contributed by atoms with van der Waals surface area (Å²) in [6.07, 6.45) is 1.50. The first kappa shape index (κ1) is 6.17. The molecule has 0 fully saturated rings. The second-order valence-corrected chi connectivity index (χ2v) is 0.967. The van der Waals surface area contributed by atoms with Crippen LogP contribution in [0.2, 0.25) is 0 Å². The number of hydrogen-bond acceptors (Lipinski definition) is 2. The summed E-state index contributed by atoms with van der Waals surface area (Å²) >= 11 is 0. The molecule has 0 unspecified atom stereocenters. The first-order valence-electron chi connectivity index (χ1n) is 1.78. The van der Waals surface area contributed by atoms with Crippen LogP contribution in [-0.4, -0.2) is 5.97 Å². The quantitative estimate of drug-likeness (QED) is 0.385. The van der Waals surface area contributed by atoms with Gasteiger partial charge in [-0.25, -0.2) is 0 Å². The minimum Gasteiger partial charge on any atom is -0.564 e. The van der Waals surface area contributed by atoms with Crippen molar-refractivity contribution in [2.45, 2.75) is 6.42 Å². The van der Waals surface area contributed by atoms with Crippen molar-refractivity contribution >= 4 is 5.97 Å². The van der Waals surface area contributed by atoms with Crippen molar-refractivity contribution in [1.82, 2.24) is 0 Å². The van der Waals surface area contributed by atoms with Gasteiger partial charge in [0.1, 0.15) is 0 Å². The molecule has 0 radical (unpaired) electrons. The van der Waals surface area contributed by atoms with Gasteiger partial charge in [0.25, 0.3) is 5.97 Å². The van der Waals surface area contributed by atoms with E-state index in [1.54, 1.807) is 0 Å². The number of hydrogen-bond donors (Lipinski definition) is 0. The van der Waals surface area contributed by atoms with Crippen LogP contribution in [0.3, 0.4) is 0 Å². The maximum absolute atomic E-state index is 9.93. The van der Waals surface area contributed by atoms with Gasteiger partial charge in [-0.05, 0) is 0 Å². The fourth-order valence-electron chi connectivity index (χ4n) is 0.160. The molecule has 0 aromatic heterocycles. The third-order valence-electron chi connectivity index (χ3n) is 0.425. The summed E-state index contributed by atoms with van der Waals surface area (Å²) in [7, 11) is 0. The molecule has 0 atom stereocenters. The van der Waals surface area contributed by atoms with E-state index < -0.39 is 5.97 Å². The molecule has 0 amide bonds. The monoisotopic (exact) mass is 100 g/mol. The molecule has 3 nitrogen and oxygen atoms in total. The van der Waals surface area contributed by atoms with Crippen LogP contribution in [-0.2, 0) is 9.63 Å². The molecule has 1 N–H and O–H groups in total. The Balaban J connectivity index is 3.17. The molecule has 0 aliphatic carbocycles. The Morgan fingerprint density at radius 1 is 2.00 bits per heavy atom. The summed E-state index contributed by atoms with van der Waals surface area (Å²) in [6.45, 7) is 3.26. The lowest BCUT2D eigenvalue weighted by molar-refractivity contribution is -0.137. The number of carbonyl (C=O) groups is 1. The summed E-state index contributed by atoms with van der Waals surface area (Å²) in [4.78, 5) is 13.5. The largest absolute Gasteiger partial charge is 0.564 e. The van der Waals surface area contributed by atoms with E-state index >= 15 is 0 Å².